The Bertz CT molecular complexity index is 1160. The highest BCUT2D eigenvalue weighted by Crippen LogP contribution is 2.36. The average Bonchev–Trinajstić information content (AvgIpc) is 3.03. The summed E-state index contributed by atoms with van der Waals surface area (Å²) >= 11 is 3.56. The van der Waals surface area contributed by atoms with Crippen molar-refractivity contribution < 1.29 is 0 Å². The van der Waals surface area contributed by atoms with Crippen LogP contribution in [0.2, 0.25) is 0 Å². The fraction of sp³-hybridized carbons (Fsp3) is 0.0833. The zero-order valence-electron chi connectivity index (χ0n) is 14.3. The lowest BCUT2D eigenvalue weighted by molar-refractivity contribution is 0.854. The molecule has 0 spiro atoms. The predicted molar refractivity (Wildman–Crippen MR) is 114 cm³/mol. The highest BCUT2D eigenvalue weighted by Gasteiger charge is 2.15. The van der Waals surface area contributed by atoms with Crippen molar-refractivity contribution in [1.82, 2.24) is 4.57 Å². The molecule has 1 atom stereocenters. The molecule has 1 aromatic heterocycles. The van der Waals surface area contributed by atoms with Crippen molar-refractivity contribution in [3.63, 3.8) is 0 Å². The quantitative estimate of drug-likeness (QED) is 0.338. The van der Waals surface area contributed by atoms with Crippen LogP contribution in [0, 0.1) is 0 Å². The molecule has 0 radical (unpaired) electrons. The molecule has 1 aliphatic carbocycles. The third kappa shape index (κ3) is 2.53. The first kappa shape index (κ1) is 15.7. The van der Waals surface area contributed by atoms with Gasteiger partial charge in [0.1, 0.15) is 0 Å². The maximum absolute atomic E-state index is 3.56. The molecule has 4 aromatic rings. The van der Waals surface area contributed by atoms with Crippen molar-refractivity contribution >= 4 is 37.7 Å². The van der Waals surface area contributed by atoms with Crippen LogP contribution in [-0.4, -0.2) is 4.57 Å². The number of para-hydroxylation sites is 2. The van der Waals surface area contributed by atoms with Gasteiger partial charge in [-0.2, -0.15) is 0 Å². The van der Waals surface area contributed by atoms with Gasteiger partial charge < -0.3 is 4.57 Å². The number of nitrogens with zero attached hydrogens (tertiary/aromatic N) is 1. The molecule has 5 rings (SSSR count). The molecule has 0 N–H and O–H groups in total. The van der Waals surface area contributed by atoms with E-state index in [-0.39, 0.29) is 0 Å². The summed E-state index contributed by atoms with van der Waals surface area (Å²) in [6.45, 7) is 0. The van der Waals surface area contributed by atoms with E-state index in [1.165, 1.54) is 37.5 Å². The van der Waals surface area contributed by atoms with Crippen LogP contribution in [0.5, 0.6) is 0 Å². The molecule has 0 saturated heterocycles. The smallest absolute Gasteiger partial charge is 0.0541 e. The van der Waals surface area contributed by atoms with Crippen molar-refractivity contribution in [1.29, 1.82) is 0 Å². The molecule has 0 bridgehead atoms. The van der Waals surface area contributed by atoms with E-state index >= 15 is 0 Å². The first-order valence-corrected chi connectivity index (χ1v) is 9.73. The van der Waals surface area contributed by atoms with Gasteiger partial charge in [-0.3, -0.25) is 0 Å². The molecule has 1 aliphatic rings. The first-order valence-electron chi connectivity index (χ1n) is 8.94. The highest BCUT2D eigenvalue weighted by molar-refractivity contribution is 9.11. The number of allylic oxidation sites excluding steroid dienone is 4. The Morgan fingerprint density at radius 3 is 2.38 bits per heavy atom. The Labute approximate surface area is 161 Å². The molecule has 0 aliphatic heterocycles. The van der Waals surface area contributed by atoms with E-state index < -0.39 is 0 Å². The highest BCUT2D eigenvalue weighted by atomic mass is 79.9. The van der Waals surface area contributed by atoms with Gasteiger partial charge in [0.05, 0.1) is 11.0 Å². The Balaban J connectivity index is 1.75. The minimum absolute atomic E-state index is 0.444. The summed E-state index contributed by atoms with van der Waals surface area (Å²) in [6.07, 6.45) is 7.75. The maximum Gasteiger partial charge on any atom is 0.0541 e. The normalized spacial score (nSPS) is 17.0. The molecular formula is C24H18BrN. The standard InChI is InChI=1S/C24H18BrN/c25-19-13-10-17(11-14-19)18-12-15-24-22(16-18)21-8-4-5-9-23(21)26(24)20-6-2-1-3-7-20/h1-10,12-17H,11H2. The van der Waals surface area contributed by atoms with E-state index in [1.807, 2.05) is 0 Å². The Morgan fingerprint density at radius 2 is 1.58 bits per heavy atom. The minimum atomic E-state index is 0.444. The van der Waals surface area contributed by atoms with Gasteiger partial charge in [0.25, 0.3) is 0 Å². The van der Waals surface area contributed by atoms with Gasteiger partial charge in [-0.1, -0.05) is 76.6 Å². The molecular weight excluding hydrogens is 382 g/mol. The maximum atomic E-state index is 3.56. The monoisotopic (exact) mass is 399 g/mol. The van der Waals surface area contributed by atoms with Crippen LogP contribution in [0.25, 0.3) is 27.5 Å². The minimum Gasteiger partial charge on any atom is -0.309 e. The summed E-state index contributed by atoms with van der Waals surface area (Å²) < 4.78 is 3.54. The van der Waals surface area contributed by atoms with Crippen LogP contribution >= 0.6 is 15.9 Å². The van der Waals surface area contributed by atoms with Gasteiger partial charge in [-0.25, -0.2) is 0 Å². The van der Waals surface area contributed by atoms with Crippen molar-refractivity contribution in [2.45, 2.75) is 12.3 Å². The van der Waals surface area contributed by atoms with Crippen molar-refractivity contribution in [3.8, 4) is 5.69 Å². The van der Waals surface area contributed by atoms with Gasteiger partial charge in [0.2, 0.25) is 0 Å². The number of benzene rings is 3. The Kier molecular flexibility index (Phi) is 3.79. The molecule has 3 aromatic carbocycles. The molecule has 0 amide bonds. The van der Waals surface area contributed by atoms with Crippen LogP contribution in [-0.2, 0) is 0 Å². The molecule has 2 heteroatoms. The van der Waals surface area contributed by atoms with Gasteiger partial charge >= 0.3 is 0 Å². The lowest BCUT2D eigenvalue weighted by Crippen LogP contribution is -1.97. The van der Waals surface area contributed by atoms with Crippen LogP contribution in [0.4, 0.5) is 0 Å². The third-order valence-corrected chi connectivity index (χ3v) is 5.78. The summed E-state index contributed by atoms with van der Waals surface area (Å²) in [4.78, 5) is 0. The molecule has 26 heavy (non-hydrogen) atoms. The predicted octanol–water partition coefficient (Wildman–Crippen LogP) is 7.11. The zero-order valence-corrected chi connectivity index (χ0v) is 15.9. The summed E-state index contributed by atoms with van der Waals surface area (Å²) in [7, 11) is 0. The first-order chi connectivity index (χ1) is 12.8. The molecule has 1 nitrogen and oxygen atoms in total. The lowest BCUT2D eigenvalue weighted by atomic mass is 9.91. The SMILES string of the molecule is BrC1=CCC(c2ccc3c(c2)c2ccccc2n3-c2ccccc2)C=C1. The van der Waals surface area contributed by atoms with E-state index in [4.69, 9.17) is 0 Å². The number of halogens is 1. The molecule has 1 heterocycles. The second-order valence-corrected chi connectivity index (χ2v) is 7.67. The molecule has 0 saturated carbocycles. The second-order valence-electron chi connectivity index (χ2n) is 6.76. The van der Waals surface area contributed by atoms with Gasteiger partial charge in [0.15, 0.2) is 0 Å². The lowest BCUT2D eigenvalue weighted by Gasteiger charge is -2.15. The number of aromatic nitrogens is 1. The van der Waals surface area contributed by atoms with E-state index in [2.05, 4.69) is 112 Å². The number of hydrogen-bond donors (Lipinski definition) is 0. The molecule has 1 unspecified atom stereocenters. The van der Waals surface area contributed by atoms with E-state index in [9.17, 15) is 0 Å². The summed E-state index contributed by atoms with van der Waals surface area (Å²) in [5.74, 6) is 0.444. The van der Waals surface area contributed by atoms with Gasteiger partial charge in [0, 0.05) is 26.9 Å². The molecule has 0 fully saturated rings. The fourth-order valence-electron chi connectivity index (χ4n) is 3.92. The molecule has 126 valence electrons. The zero-order chi connectivity index (χ0) is 17.5. The summed E-state index contributed by atoms with van der Waals surface area (Å²) in [5.41, 5.74) is 5.10. The van der Waals surface area contributed by atoms with E-state index in [0.29, 0.717) is 5.92 Å². The average molecular weight is 400 g/mol. The second kappa shape index (κ2) is 6.30. The third-order valence-electron chi connectivity index (χ3n) is 5.19. The topological polar surface area (TPSA) is 4.93 Å². The Hall–Kier alpha value is -2.58. The number of hydrogen-bond acceptors (Lipinski definition) is 0. The summed E-state index contributed by atoms with van der Waals surface area (Å²) in [6, 6.07) is 26.2. The Morgan fingerprint density at radius 1 is 0.808 bits per heavy atom. The number of fused-ring (bicyclic) bond motifs is 3. The van der Waals surface area contributed by atoms with Crippen LogP contribution < -0.4 is 0 Å². The van der Waals surface area contributed by atoms with Crippen LogP contribution in [0.1, 0.15) is 17.9 Å². The van der Waals surface area contributed by atoms with Gasteiger partial charge in [-0.15, -0.1) is 0 Å². The van der Waals surface area contributed by atoms with Crippen LogP contribution in [0.3, 0.4) is 0 Å². The fourth-order valence-corrected chi connectivity index (χ4v) is 4.26. The van der Waals surface area contributed by atoms with Crippen molar-refractivity contribution in [3.05, 3.63) is 101 Å². The van der Waals surface area contributed by atoms with E-state index in [1.54, 1.807) is 0 Å². The largest absolute Gasteiger partial charge is 0.309 e. The summed E-state index contributed by atoms with van der Waals surface area (Å²) in [5, 5.41) is 2.63. The van der Waals surface area contributed by atoms with Crippen molar-refractivity contribution in [2.75, 3.05) is 0 Å². The van der Waals surface area contributed by atoms with Crippen LogP contribution in [0.15, 0.2) is 95.5 Å². The number of rotatable bonds is 2. The van der Waals surface area contributed by atoms with E-state index in [0.717, 1.165) is 6.42 Å². The van der Waals surface area contributed by atoms with Gasteiger partial charge in [-0.05, 0) is 42.3 Å². The van der Waals surface area contributed by atoms with Crippen molar-refractivity contribution in [2.24, 2.45) is 0 Å².